The maximum Gasteiger partial charge on any atom is 0.335 e. The molecular formula is C25H23NO3. The highest BCUT2D eigenvalue weighted by Crippen LogP contribution is 2.40. The summed E-state index contributed by atoms with van der Waals surface area (Å²) < 4.78 is 0. The van der Waals surface area contributed by atoms with Gasteiger partial charge in [0.05, 0.1) is 5.56 Å². The summed E-state index contributed by atoms with van der Waals surface area (Å²) in [4.78, 5) is 23.8. The van der Waals surface area contributed by atoms with E-state index in [1.807, 2.05) is 54.6 Å². The predicted octanol–water partition coefficient (Wildman–Crippen LogP) is 5.96. The van der Waals surface area contributed by atoms with E-state index >= 15 is 0 Å². The van der Waals surface area contributed by atoms with Crippen LogP contribution in [0.2, 0.25) is 0 Å². The Kier molecular flexibility index (Phi) is 5.43. The second-order valence-electron chi connectivity index (χ2n) is 7.49. The Morgan fingerprint density at radius 2 is 1.52 bits per heavy atom. The van der Waals surface area contributed by atoms with Crippen molar-refractivity contribution in [3.05, 3.63) is 89.5 Å². The number of rotatable bonds is 5. The number of carboxylic acids is 1. The molecule has 0 aliphatic heterocycles. The molecular weight excluding hydrogens is 362 g/mol. The summed E-state index contributed by atoms with van der Waals surface area (Å²) in [5, 5.41) is 12.3. The van der Waals surface area contributed by atoms with Gasteiger partial charge in [-0.25, -0.2) is 4.79 Å². The number of nitrogens with one attached hydrogen (secondary N) is 1. The van der Waals surface area contributed by atoms with Crippen LogP contribution >= 0.6 is 0 Å². The fourth-order valence-corrected chi connectivity index (χ4v) is 4.06. The lowest BCUT2D eigenvalue weighted by Crippen LogP contribution is -2.11. The monoisotopic (exact) mass is 385 g/mol. The summed E-state index contributed by atoms with van der Waals surface area (Å²) in [6, 6.07) is 22.3. The first-order valence-electron chi connectivity index (χ1n) is 9.96. The number of aromatic carboxylic acids is 1. The highest BCUT2D eigenvalue weighted by molar-refractivity contribution is 6.04. The zero-order chi connectivity index (χ0) is 20.2. The first-order chi connectivity index (χ1) is 14.1. The van der Waals surface area contributed by atoms with Gasteiger partial charge in [0.25, 0.3) is 5.91 Å². The van der Waals surface area contributed by atoms with Gasteiger partial charge in [0.1, 0.15) is 0 Å². The summed E-state index contributed by atoms with van der Waals surface area (Å²) >= 11 is 0. The molecule has 4 heteroatoms. The van der Waals surface area contributed by atoms with Gasteiger partial charge in [-0.3, -0.25) is 4.79 Å². The molecule has 0 atom stereocenters. The fourth-order valence-electron chi connectivity index (χ4n) is 4.06. The molecule has 0 heterocycles. The van der Waals surface area contributed by atoms with Crippen molar-refractivity contribution in [1.82, 2.24) is 0 Å². The van der Waals surface area contributed by atoms with Gasteiger partial charge in [0.15, 0.2) is 0 Å². The van der Waals surface area contributed by atoms with E-state index in [1.165, 1.54) is 12.8 Å². The van der Waals surface area contributed by atoms with Gasteiger partial charge in [0, 0.05) is 11.3 Å². The maximum absolute atomic E-state index is 12.3. The van der Waals surface area contributed by atoms with Gasteiger partial charge in [-0.15, -0.1) is 0 Å². The van der Waals surface area contributed by atoms with Gasteiger partial charge in [0.2, 0.25) is 0 Å². The van der Waals surface area contributed by atoms with Crippen molar-refractivity contribution in [3.8, 4) is 11.1 Å². The number of carboxylic acid groups (broad SMARTS) is 1. The molecule has 4 nitrogen and oxygen atoms in total. The van der Waals surface area contributed by atoms with Crippen molar-refractivity contribution in [2.75, 3.05) is 5.32 Å². The number of hydrogen-bond donors (Lipinski definition) is 2. The van der Waals surface area contributed by atoms with Crippen molar-refractivity contribution in [2.45, 2.75) is 31.6 Å². The van der Waals surface area contributed by atoms with Crippen molar-refractivity contribution in [2.24, 2.45) is 0 Å². The molecule has 0 unspecified atom stereocenters. The van der Waals surface area contributed by atoms with E-state index in [4.69, 9.17) is 0 Å². The Labute approximate surface area is 170 Å². The third-order valence-electron chi connectivity index (χ3n) is 5.58. The molecule has 0 bridgehead atoms. The first kappa shape index (κ1) is 18.9. The second-order valence-corrected chi connectivity index (χ2v) is 7.49. The summed E-state index contributed by atoms with van der Waals surface area (Å²) in [6.07, 6.45) is 4.57. The van der Waals surface area contributed by atoms with Crippen LogP contribution in [0.3, 0.4) is 0 Å². The molecule has 3 aromatic rings. The fraction of sp³-hybridized carbons (Fsp3) is 0.200. The van der Waals surface area contributed by atoms with E-state index in [9.17, 15) is 14.7 Å². The highest BCUT2D eigenvalue weighted by atomic mass is 16.4. The zero-order valence-electron chi connectivity index (χ0n) is 16.1. The average Bonchev–Trinajstić information content (AvgIpc) is 3.29. The average molecular weight is 385 g/mol. The molecule has 0 aromatic heterocycles. The molecule has 1 aliphatic carbocycles. The minimum Gasteiger partial charge on any atom is -0.478 e. The van der Waals surface area contributed by atoms with Crippen LogP contribution in [0.5, 0.6) is 0 Å². The van der Waals surface area contributed by atoms with E-state index in [0.717, 1.165) is 35.2 Å². The van der Waals surface area contributed by atoms with E-state index < -0.39 is 5.97 Å². The van der Waals surface area contributed by atoms with Crippen LogP contribution in [0.4, 0.5) is 5.69 Å². The van der Waals surface area contributed by atoms with Crippen LogP contribution in [0.1, 0.15) is 57.9 Å². The lowest BCUT2D eigenvalue weighted by Gasteiger charge is -2.17. The number of hydrogen-bond acceptors (Lipinski definition) is 2. The van der Waals surface area contributed by atoms with Gasteiger partial charge in [-0.2, -0.15) is 0 Å². The standard InChI is InChI=1S/C25H23NO3/c27-24(19-8-2-1-3-9-19)26-21-13-10-18(11-14-21)22-15-12-20(25(28)29)16-23(22)17-6-4-5-7-17/h1-3,8-17H,4-7H2,(H,26,27)(H,28,29). The third kappa shape index (κ3) is 4.21. The predicted molar refractivity (Wildman–Crippen MR) is 114 cm³/mol. The minimum absolute atomic E-state index is 0.143. The van der Waals surface area contributed by atoms with Crippen molar-refractivity contribution < 1.29 is 14.7 Å². The third-order valence-corrected chi connectivity index (χ3v) is 5.58. The molecule has 146 valence electrons. The Hall–Kier alpha value is -3.40. The van der Waals surface area contributed by atoms with Gasteiger partial charge in [-0.05, 0) is 71.8 Å². The second kappa shape index (κ2) is 8.31. The SMILES string of the molecule is O=C(O)c1ccc(-c2ccc(NC(=O)c3ccccc3)cc2)c(C2CCCC2)c1. The van der Waals surface area contributed by atoms with Gasteiger partial charge in [-0.1, -0.05) is 49.2 Å². The zero-order valence-corrected chi connectivity index (χ0v) is 16.1. The first-order valence-corrected chi connectivity index (χ1v) is 9.96. The number of benzene rings is 3. The van der Waals surface area contributed by atoms with E-state index in [2.05, 4.69) is 5.32 Å². The smallest absolute Gasteiger partial charge is 0.335 e. The molecule has 0 saturated heterocycles. The topological polar surface area (TPSA) is 66.4 Å². The normalized spacial score (nSPS) is 13.9. The van der Waals surface area contributed by atoms with Gasteiger partial charge >= 0.3 is 5.97 Å². The van der Waals surface area contributed by atoms with E-state index in [0.29, 0.717) is 17.0 Å². The van der Waals surface area contributed by atoms with Crippen molar-refractivity contribution >= 4 is 17.6 Å². The molecule has 1 amide bonds. The van der Waals surface area contributed by atoms with Crippen LogP contribution in [-0.2, 0) is 0 Å². The number of carbonyl (C=O) groups excluding carboxylic acids is 1. The van der Waals surface area contributed by atoms with E-state index in [-0.39, 0.29) is 5.91 Å². The molecule has 1 fully saturated rings. The Balaban J connectivity index is 1.60. The summed E-state index contributed by atoms with van der Waals surface area (Å²) in [6.45, 7) is 0. The number of carbonyl (C=O) groups is 2. The molecule has 0 spiro atoms. The molecule has 2 N–H and O–H groups in total. The number of anilines is 1. The molecule has 0 radical (unpaired) electrons. The molecule has 29 heavy (non-hydrogen) atoms. The maximum atomic E-state index is 12.3. The van der Waals surface area contributed by atoms with Crippen LogP contribution < -0.4 is 5.32 Å². The van der Waals surface area contributed by atoms with E-state index in [1.54, 1.807) is 18.2 Å². The lowest BCUT2D eigenvalue weighted by molar-refractivity contribution is 0.0696. The molecule has 1 aliphatic rings. The molecule has 1 saturated carbocycles. The molecule has 3 aromatic carbocycles. The summed E-state index contributed by atoms with van der Waals surface area (Å²) in [5.74, 6) is -0.632. The Bertz CT molecular complexity index is 1020. The van der Waals surface area contributed by atoms with Gasteiger partial charge < -0.3 is 10.4 Å². The van der Waals surface area contributed by atoms with Crippen LogP contribution in [-0.4, -0.2) is 17.0 Å². The number of amides is 1. The molecule has 4 rings (SSSR count). The van der Waals surface area contributed by atoms with Crippen LogP contribution in [0.15, 0.2) is 72.8 Å². The van der Waals surface area contributed by atoms with Crippen LogP contribution in [0.25, 0.3) is 11.1 Å². The summed E-state index contributed by atoms with van der Waals surface area (Å²) in [7, 11) is 0. The van der Waals surface area contributed by atoms with Crippen molar-refractivity contribution in [3.63, 3.8) is 0 Å². The lowest BCUT2D eigenvalue weighted by atomic mass is 9.88. The largest absolute Gasteiger partial charge is 0.478 e. The Morgan fingerprint density at radius 1 is 0.828 bits per heavy atom. The summed E-state index contributed by atoms with van der Waals surface area (Å²) in [5.41, 5.74) is 4.90. The minimum atomic E-state index is -0.894. The van der Waals surface area contributed by atoms with Crippen molar-refractivity contribution in [1.29, 1.82) is 0 Å². The Morgan fingerprint density at radius 3 is 2.17 bits per heavy atom. The highest BCUT2D eigenvalue weighted by Gasteiger charge is 2.22. The quantitative estimate of drug-likeness (QED) is 0.569. The van der Waals surface area contributed by atoms with Crippen LogP contribution in [0, 0.1) is 0 Å².